The molecule has 1 saturated carbocycles. The highest BCUT2D eigenvalue weighted by atomic mass is 16.3. The van der Waals surface area contributed by atoms with E-state index in [0.29, 0.717) is 18.1 Å². The number of aliphatic hydroxyl groups excluding tert-OH is 1. The number of aliphatic hydroxyl groups is 1. The normalized spacial score (nSPS) is 29.9. The first-order valence-electron chi connectivity index (χ1n) is 10.1. The van der Waals surface area contributed by atoms with Gasteiger partial charge in [-0.25, -0.2) is 0 Å². The molecule has 4 nitrogen and oxygen atoms in total. The zero-order valence-corrected chi connectivity index (χ0v) is 14.9. The van der Waals surface area contributed by atoms with Gasteiger partial charge >= 0.3 is 0 Å². The van der Waals surface area contributed by atoms with Crippen LogP contribution in [0.5, 0.6) is 0 Å². The second-order valence-electron chi connectivity index (χ2n) is 8.20. The van der Waals surface area contributed by atoms with Crippen molar-refractivity contribution in [2.45, 2.75) is 76.3 Å². The van der Waals surface area contributed by atoms with Gasteiger partial charge in [0.2, 0.25) is 0 Å². The summed E-state index contributed by atoms with van der Waals surface area (Å²) in [6.07, 6.45) is 13.4. The molecular formula is C19H37N3O. The zero-order chi connectivity index (χ0) is 16.0. The van der Waals surface area contributed by atoms with E-state index in [-0.39, 0.29) is 0 Å². The highest BCUT2D eigenvalue weighted by molar-refractivity contribution is 4.91. The van der Waals surface area contributed by atoms with Gasteiger partial charge in [-0.2, -0.15) is 0 Å². The molecular weight excluding hydrogens is 286 g/mol. The van der Waals surface area contributed by atoms with Gasteiger partial charge < -0.3 is 15.7 Å². The van der Waals surface area contributed by atoms with E-state index in [2.05, 4.69) is 15.5 Å². The lowest BCUT2D eigenvalue weighted by molar-refractivity contribution is 0.0877. The highest BCUT2D eigenvalue weighted by Gasteiger charge is 2.35. The molecule has 2 heterocycles. The number of hydrogen-bond acceptors (Lipinski definition) is 4. The highest BCUT2D eigenvalue weighted by Crippen LogP contribution is 2.43. The fraction of sp³-hybridized carbons (Fsp3) is 1.00. The Labute approximate surface area is 142 Å². The summed E-state index contributed by atoms with van der Waals surface area (Å²) in [4.78, 5) is 2.51. The quantitative estimate of drug-likeness (QED) is 0.655. The Bertz CT molecular complexity index is 334. The minimum Gasteiger partial charge on any atom is -0.395 e. The smallest absolute Gasteiger partial charge is 0.0586 e. The molecule has 1 atom stereocenters. The molecule has 3 rings (SSSR count). The van der Waals surface area contributed by atoms with Crippen molar-refractivity contribution in [2.75, 3.05) is 39.3 Å². The first kappa shape index (κ1) is 17.7. The van der Waals surface area contributed by atoms with Crippen LogP contribution in [0.1, 0.15) is 64.2 Å². The minimum atomic E-state index is 0.340. The Balaban J connectivity index is 1.29. The largest absolute Gasteiger partial charge is 0.395 e. The van der Waals surface area contributed by atoms with Crippen LogP contribution < -0.4 is 10.6 Å². The van der Waals surface area contributed by atoms with E-state index in [1.807, 2.05) is 0 Å². The van der Waals surface area contributed by atoms with Crippen LogP contribution in [-0.4, -0.2) is 61.4 Å². The fourth-order valence-electron chi connectivity index (χ4n) is 5.04. The maximum atomic E-state index is 9.48. The third-order valence-electron chi connectivity index (χ3n) is 6.73. The summed E-state index contributed by atoms with van der Waals surface area (Å²) < 4.78 is 0. The summed E-state index contributed by atoms with van der Waals surface area (Å²) in [5, 5.41) is 16.8. The summed E-state index contributed by atoms with van der Waals surface area (Å²) in [5.74, 6) is 0. The molecule has 2 aliphatic heterocycles. The predicted molar refractivity (Wildman–Crippen MR) is 95.7 cm³/mol. The van der Waals surface area contributed by atoms with Crippen molar-refractivity contribution in [3.63, 3.8) is 0 Å². The van der Waals surface area contributed by atoms with E-state index < -0.39 is 0 Å². The van der Waals surface area contributed by atoms with Crippen LogP contribution in [0.15, 0.2) is 0 Å². The molecule has 23 heavy (non-hydrogen) atoms. The van der Waals surface area contributed by atoms with Gasteiger partial charge in [0.1, 0.15) is 0 Å². The maximum Gasteiger partial charge on any atom is 0.0586 e. The minimum absolute atomic E-state index is 0.340. The van der Waals surface area contributed by atoms with Gasteiger partial charge in [-0.1, -0.05) is 6.42 Å². The Hall–Kier alpha value is -0.160. The first-order valence-corrected chi connectivity index (χ1v) is 10.1. The molecule has 0 radical (unpaired) electrons. The van der Waals surface area contributed by atoms with Crippen molar-refractivity contribution in [1.82, 2.24) is 15.5 Å². The van der Waals surface area contributed by atoms with Gasteiger partial charge in [0.15, 0.2) is 0 Å². The van der Waals surface area contributed by atoms with Crippen molar-refractivity contribution < 1.29 is 5.11 Å². The van der Waals surface area contributed by atoms with E-state index in [1.165, 1.54) is 83.8 Å². The van der Waals surface area contributed by atoms with Crippen LogP contribution in [0.2, 0.25) is 0 Å². The van der Waals surface area contributed by atoms with Crippen LogP contribution in [0.4, 0.5) is 0 Å². The third kappa shape index (κ3) is 4.91. The van der Waals surface area contributed by atoms with E-state index in [1.54, 1.807) is 0 Å². The standard InChI is InChI=1S/C19H37N3O/c23-16-18-4-1-2-14-22(18)15-3-11-21-17-5-7-19(8-6-17)9-12-20-13-10-19/h17-18,20-21,23H,1-16H2. The Morgan fingerprint density at radius 2 is 1.83 bits per heavy atom. The number of rotatable bonds is 6. The molecule has 0 aromatic heterocycles. The monoisotopic (exact) mass is 323 g/mol. The molecule has 3 aliphatic rings. The Morgan fingerprint density at radius 1 is 1.04 bits per heavy atom. The Kier molecular flexibility index (Phi) is 6.75. The van der Waals surface area contributed by atoms with Crippen LogP contribution in [0.3, 0.4) is 0 Å². The number of nitrogens with zero attached hydrogens (tertiary/aromatic N) is 1. The van der Waals surface area contributed by atoms with Gasteiger partial charge in [-0.3, -0.25) is 4.90 Å². The molecule has 1 spiro atoms. The van der Waals surface area contributed by atoms with Crippen molar-refractivity contribution in [3.8, 4) is 0 Å². The van der Waals surface area contributed by atoms with E-state index in [4.69, 9.17) is 0 Å². The summed E-state index contributed by atoms with van der Waals surface area (Å²) in [7, 11) is 0. The number of piperidine rings is 2. The van der Waals surface area contributed by atoms with Crippen LogP contribution in [0, 0.1) is 5.41 Å². The molecule has 1 aliphatic carbocycles. The average molecular weight is 324 g/mol. The van der Waals surface area contributed by atoms with Crippen molar-refractivity contribution in [3.05, 3.63) is 0 Å². The molecule has 4 heteroatoms. The number of hydrogen-bond donors (Lipinski definition) is 3. The molecule has 3 N–H and O–H groups in total. The number of nitrogens with one attached hydrogen (secondary N) is 2. The van der Waals surface area contributed by atoms with Crippen LogP contribution >= 0.6 is 0 Å². The molecule has 134 valence electrons. The van der Waals surface area contributed by atoms with Crippen molar-refractivity contribution >= 4 is 0 Å². The molecule has 1 unspecified atom stereocenters. The lowest BCUT2D eigenvalue weighted by Gasteiger charge is -2.43. The number of likely N-dealkylation sites (tertiary alicyclic amines) is 1. The Morgan fingerprint density at radius 3 is 2.57 bits per heavy atom. The SMILES string of the molecule is OCC1CCCCN1CCCNC1CCC2(CCNCC2)CC1. The predicted octanol–water partition coefficient (Wildman–Crippen LogP) is 2.13. The molecule has 0 bridgehead atoms. The topological polar surface area (TPSA) is 47.5 Å². The first-order chi connectivity index (χ1) is 11.3. The second kappa shape index (κ2) is 8.80. The molecule has 0 amide bonds. The molecule has 0 aromatic carbocycles. The van der Waals surface area contributed by atoms with E-state index in [0.717, 1.165) is 19.1 Å². The van der Waals surface area contributed by atoms with Gasteiger partial charge in [-0.15, -0.1) is 0 Å². The van der Waals surface area contributed by atoms with Crippen molar-refractivity contribution in [2.24, 2.45) is 5.41 Å². The van der Waals surface area contributed by atoms with Crippen LogP contribution in [-0.2, 0) is 0 Å². The molecule has 3 fully saturated rings. The fourth-order valence-corrected chi connectivity index (χ4v) is 5.04. The maximum absolute atomic E-state index is 9.48. The summed E-state index contributed by atoms with van der Waals surface area (Å²) in [6.45, 7) is 6.30. The second-order valence-corrected chi connectivity index (χ2v) is 8.20. The third-order valence-corrected chi connectivity index (χ3v) is 6.73. The van der Waals surface area contributed by atoms with Gasteiger partial charge in [-0.05, 0) is 95.9 Å². The van der Waals surface area contributed by atoms with Gasteiger partial charge in [0.25, 0.3) is 0 Å². The summed E-state index contributed by atoms with van der Waals surface area (Å²) in [5.41, 5.74) is 0.686. The zero-order valence-electron chi connectivity index (χ0n) is 14.9. The van der Waals surface area contributed by atoms with Crippen molar-refractivity contribution in [1.29, 1.82) is 0 Å². The van der Waals surface area contributed by atoms with Gasteiger partial charge in [0, 0.05) is 12.1 Å². The lowest BCUT2D eigenvalue weighted by atomic mass is 9.67. The van der Waals surface area contributed by atoms with Crippen LogP contribution in [0.25, 0.3) is 0 Å². The summed E-state index contributed by atoms with van der Waals surface area (Å²) >= 11 is 0. The van der Waals surface area contributed by atoms with Gasteiger partial charge in [0.05, 0.1) is 6.61 Å². The molecule has 2 saturated heterocycles. The van der Waals surface area contributed by atoms with E-state index in [9.17, 15) is 5.11 Å². The average Bonchev–Trinajstić information content (AvgIpc) is 2.61. The molecule has 0 aromatic rings. The van der Waals surface area contributed by atoms with E-state index >= 15 is 0 Å². The lowest BCUT2D eigenvalue weighted by Crippen LogP contribution is -2.44. The summed E-state index contributed by atoms with van der Waals surface area (Å²) in [6, 6.07) is 1.18.